The molecule has 25 heavy (non-hydrogen) atoms. The summed E-state index contributed by atoms with van der Waals surface area (Å²) in [4.78, 5) is 18.2. The van der Waals surface area contributed by atoms with Crippen LogP contribution in [0.1, 0.15) is 10.4 Å². The van der Waals surface area contributed by atoms with Crippen LogP contribution in [0.2, 0.25) is 0 Å². The molecular formula is C19H17FN2O3. The van der Waals surface area contributed by atoms with Crippen LogP contribution in [-0.4, -0.2) is 41.1 Å². The number of aromatic nitrogens is 1. The third-order valence-electron chi connectivity index (χ3n) is 3.81. The van der Waals surface area contributed by atoms with E-state index < -0.39 is 5.82 Å². The molecule has 0 bridgehead atoms. The fourth-order valence-electron chi connectivity index (χ4n) is 2.50. The number of hydrogen-bond donors (Lipinski definition) is 1. The molecule has 0 atom stereocenters. The molecular weight excluding hydrogens is 323 g/mol. The monoisotopic (exact) mass is 340 g/mol. The molecule has 3 aromatic rings. The van der Waals surface area contributed by atoms with Crippen LogP contribution >= 0.6 is 0 Å². The van der Waals surface area contributed by atoms with Gasteiger partial charge in [-0.15, -0.1) is 0 Å². The summed E-state index contributed by atoms with van der Waals surface area (Å²) in [5, 5.41) is 9.01. The standard InChI is InChI=1S/C19H17FN2O3/c1-22(10-11-23)19(24)14-7-3-2-6-13(14)18-21-12-17(25-18)15-8-4-5-9-16(15)20/h2-9,12,23H,10-11H2,1H3. The minimum absolute atomic E-state index is 0.124. The number of halogens is 1. The van der Waals surface area contributed by atoms with Gasteiger partial charge in [-0.1, -0.05) is 24.3 Å². The van der Waals surface area contributed by atoms with Gasteiger partial charge in [0.05, 0.1) is 23.9 Å². The van der Waals surface area contributed by atoms with Crippen LogP contribution < -0.4 is 0 Å². The van der Waals surface area contributed by atoms with Crippen molar-refractivity contribution in [2.24, 2.45) is 0 Å². The molecule has 1 heterocycles. The Morgan fingerprint density at radius 3 is 2.56 bits per heavy atom. The van der Waals surface area contributed by atoms with Crippen molar-refractivity contribution in [1.29, 1.82) is 0 Å². The van der Waals surface area contributed by atoms with Gasteiger partial charge in [-0.05, 0) is 24.3 Å². The molecule has 0 saturated carbocycles. The van der Waals surface area contributed by atoms with E-state index in [1.807, 2.05) is 0 Å². The smallest absolute Gasteiger partial charge is 0.254 e. The topological polar surface area (TPSA) is 66.6 Å². The number of benzene rings is 2. The molecule has 3 rings (SSSR count). The molecule has 1 amide bonds. The average molecular weight is 340 g/mol. The predicted octanol–water partition coefficient (Wildman–Crippen LogP) is 3.21. The zero-order valence-corrected chi connectivity index (χ0v) is 13.6. The Hall–Kier alpha value is -2.99. The largest absolute Gasteiger partial charge is 0.436 e. The number of aliphatic hydroxyl groups is 1. The maximum Gasteiger partial charge on any atom is 0.254 e. The number of hydrogen-bond acceptors (Lipinski definition) is 4. The normalized spacial score (nSPS) is 10.7. The van der Waals surface area contributed by atoms with E-state index in [1.165, 1.54) is 17.2 Å². The van der Waals surface area contributed by atoms with Crippen LogP contribution in [0.15, 0.2) is 59.1 Å². The van der Waals surface area contributed by atoms with Gasteiger partial charge in [-0.3, -0.25) is 4.79 Å². The Bertz CT molecular complexity index is 892. The zero-order chi connectivity index (χ0) is 17.8. The van der Waals surface area contributed by atoms with Crippen LogP contribution in [-0.2, 0) is 0 Å². The highest BCUT2D eigenvalue weighted by Crippen LogP contribution is 2.29. The van der Waals surface area contributed by atoms with Crippen molar-refractivity contribution in [3.05, 3.63) is 66.1 Å². The molecule has 0 radical (unpaired) electrons. The molecule has 0 saturated heterocycles. The van der Waals surface area contributed by atoms with E-state index in [2.05, 4.69) is 4.98 Å². The Balaban J connectivity index is 1.99. The number of carbonyl (C=O) groups is 1. The molecule has 0 unspecified atom stereocenters. The molecule has 2 aromatic carbocycles. The van der Waals surface area contributed by atoms with E-state index in [0.29, 0.717) is 22.5 Å². The minimum atomic E-state index is -0.405. The summed E-state index contributed by atoms with van der Waals surface area (Å²) in [6.07, 6.45) is 1.44. The lowest BCUT2D eigenvalue weighted by Gasteiger charge is -2.17. The number of nitrogens with zero attached hydrogens (tertiary/aromatic N) is 2. The maximum atomic E-state index is 13.9. The molecule has 0 aliphatic rings. The van der Waals surface area contributed by atoms with Crippen LogP contribution in [0, 0.1) is 5.82 Å². The summed E-state index contributed by atoms with van der Waals surface area (Å²) in [7, 11) is 1.61. The van der Waals surface area contributed by atoms with Gasteiger partial charge >= 0.3 is 0 Å². The van der Waals surface area contributed by atoms with E-state index in [4.69, 9.17) is 9.52 Å². The molecule has 0 aliphatic carbocycles. The van der Waals surface area contributed by atoms with Crippen molar-refractivity contribution < 1.29 is 18.7 Å². The number of likely N-dealkylation sites (N-methyl/N-ethyl adjacent to an activating group) is 1. The first-order chi connectivity index (χ1) is 12.1. The van der Waals surface area contributed by atoms with Crippen molar-refractivity contribution in [1.82, 2.24) is 9.88 Å². The third kappa shape index (κ3) is 3.44. The summed E-state index contributed by atoms with van der Waals surface area (Å²) in [6, 6.07) is 13.2. The first kappa shape index (κ1) is 16.9. The van der Waals surface area contributed by atoms with Crippen molar-refractivity contribution in [2.75, 3.05) is 20.2 Å². The molecule has 1 N–H and O–H groups in total. The van der Waals surface area contributed by atoms with Crippen molar-refractivity contribution in [2.45, 2.75) is 0 Å². The lowest BCUT2D eigenvalue weighted by Crippen LogP contribution is -2.29. The van der Waals surface area contributed by atoms with Crippen LogP contribution in [0.25, 0.3) is 22.8 Å². The fraction of sp³-hybridized carbons (Fsp3) is 0.158. The van der Waals surface area contributed by atoms with Gasteiger partial charge in [0.1, 0.15) is 5.82 Å². The summed E-state index contributed by atoms with van der Waals surface area (Å²) in [5.41, 5.74) is 1.22. The van der Waals surface area contributed by atoms with E-state index in [-0.39, 0.29) is 24.9 Å². The van der Waals surface area contributed by atoms with E-state index in [0.717, 1.165) is 0 Å². The second kappa shape index (κ2) is 7.27. The van der Waals surface area contributed by atoms with Crippen LogP contribution in [0.5, 0.6) is 0 Å². The second-order valence-corrected chi connectivity index (χ2v) is 5.51. The molecule has 6 heteroatoms. The van der Waals surface area contributed by atoms with Crippen LogP contribution in [0.3, 0.4) is 0 Å². The SMILES string of the molecule is CN(CCO)C(=O)c1ccccc1-c1ncc(-c2ccccc2F)o1. The van der Waals surface area contributed by atoms with Gasteiger partial charge < -0.3 is 14.4 Å². The molecule has 1 aromatic heterocycles. The second-order valence-electron chi connectivity index (χ2n) is 5.51. The first-order valence-corrected chi connectivity index (χ1v) is 7.78. The third-order valence-corrected chi connectivity index (χ3v) is 3.81. The number of oxazole rings is 1. The maximum absolute atomic E-state index is 13.9. The lowest BCUT2D eigenvalue weighted by atomic mass is 10.1. The Morgan fingerprint density at radius 2 is 1.84 bits per heavy atom. The van der Waals surface area contributed by atoms with Gasteiger partial charge in [0, 0.05) is 19.2 Å². The summed E-state index contributed by atoms with van der Waals surface area (Å²) >= 11 is 0. The van der Waals surface area contributed by atoms with Gasteiger partial charge in [0.25, 0.3) is 5.91 Å². The predicted molar refractivity (Wildman–Crippen MR) is 91.4 cm³/mol. The van der Waals surface area contributed by atoms with Gasteiger partial charge in [-0.2, -0.15) is 0 Å². The van der Waals surface area contributed by atoms with Crippen molar-refractivity contribution in [3.63, 3.8) is 0 Å². The number of rotatable bonds is 5. The number of carbonyl (C=O) groups excluding carboxylic acids is 1. The highest BCUT2D eigenvalue weighted by atomic mass is 19.1. The Morgan fingerprint density at radius 1 is 1.16 bits per heavy atom. The van der Waals surface area contributed by atoms with E-state index in [9.17, 15) is 9.18 Å². The molecule has 0 aliphatic heterocycles. The van der Waals surface area contributed by atoms with E-state index in [1.54, 1.807) is 49.5 Å². The van der Waals surface area contributed by atoms with Crippen molar-refractivity contribution in [3.8, 4) is 22.8 Å². The first-order valence-electron chi connectivity index (χ1n) is 7.78. The highest BCUT2D eigenvalue weighted by molar-refractivity contribution is 5.99. The number of amides is 1. The van der Waals surface area contributed by atoms with Crippen molar-refractivity contribution >= 4 is 5.91 Å². The van der Waals surface area contributed by atoms with Gasteiger partial charge in [0.15, 0.2) is 5.76 Å². The zero-order valence-electron chi connectivity index (χ0n) is 13.6. The Kier molecular flexibility index (Phi) is 4.90. The average Bonchev–Trinajstić information content (AvgIpc) is 3.11. The van der Waals surface area contributed by atoms with Gasteiger partial charge in [-0.25, -0.2) is 9.37 Å². The molecule has 5 nitrogen and oxygen atoms in total. The summed E-state index contributed by atoms with van der Waals surface area (Å²) in [6.45, 7) is 0.0973. The molecule has 128 valence electrons. The lowest BCUT2D eigenvalue weighted by molar-refractivity contribution is 0.0767. The minimum Gasteiger partial charge on any atom is -0.436 e. The van der Waals surface area contributed by atoms with E-state index >= 15 is 0 Å². The molecule has 0 fully saturated rings. The Labute approximate surface area is 144 Å². The number of aliphatic hydroxyl groups excluding tert-OH is 1. The van der Waals surface area contributed by atoms with Crippen LogP contribution in [0.4, 0.5) is 4.39 Å². The molecule has 0 spiro atoms. The highest BCUT2D eigenvalue weighted by Gasteiger charge is 2.20. The van der Waals surface area contributed by atoms with Gasteiger partial charge in [0.2, 0.25) is 5.89 Å². The summed E-state index contributed by atoms with van der Waals surface area (Å²) < 4.78 is 19.6. The summed E-state index contributed by atoms with van der Waals surface area (Å²) in [5.74, 6) is -0.133. The fourth-order valence-corrected chi connectivity index (χ4v) is 2.50. The quantitative estimate of drug-likeness (QED) is 0.774.